The number of sulfonamides is 1. The zero-order valence-electron chi connectivity index (χ0n) is 24.1. The fourth-order valence-electron chi connectivity index (χ4n) is 6.00. The second-order valence-electron chi connectivity index (χ2n) is 11.5. The monoisotopic (exact) mass is 601 g/mol. The van der Waals surface area contributed by atoms with E-state index in [1.165, 1.54) is 18.1 Å². The molecule has 10 heteroatoms. The van der Waals surface area contributed by atoms with Gasteiger partial charge >= 0.3 is 0 Å². The normalized spacial score (nSPS) is 19.4. The van der Waals surface area contributed by atoms with E-state index in [0.717, 1.165) is 57.3 Å². The lowest BCUT2D eigenvalue weighted by Gasteiger charge is -2.37. The van der Waals surface area contributed by atoms with Gasteiger partial charge in [-0.25, -0.2) is 21.1 Å². The summed E-state index contributed by atoms with van der Waals surface area (Å²) in [7, 11) is -6.36. The van der Waals surface area contributed by atoms with Crippen LogP contribution in [0.2, 0.25) is 0 Å². The summed E-state index contributed by atoms with van der Waals surface area (Å²) in [6.45, 7) is 4.57. The predicted molar refractivity (Wildman–Crippen MR) is 163 cm³/mol. The maximum absolute atomic E-state index is 12.3. The van der Waals surface area contributed by atoms with Gasteiger partial charge in [-0.1, -0.05) is 48.5 Å². The highest BCUT2D eigenvalue weighted by atomic mass is 32.2. The van der Waals surface area contributed by atoms with Crippen LogP contribution in [0.15, 0.2) is 71.6 Å². The molecule has 0 spiro atoms. The number of hydrogen-bond acceptors (Lipinski definition) is 6. The first-order valence-electron chi connectivity index (χ1n) is 14.5. The Hall–Kier alpha value is -2.53. The molecule has 0 radical (unpaired) electrons. The molecule has 2 aromatic rings. The summed E-state index contributed by atoms with van der Waals surface area (Å²) in [6.07, 6.45) is 11.0. The molecule has 4 rings (SSSR count). The molecule has 0 unspecified atom stereocenters. The van der Waals surface area contributed by atoms with Crippen molar-refractivity contribution in [2.75, 3.05) is 45.2 Å². The molecule has 0 aliphatic carbocycles. The van der Waals surface area contributed by atoms with Gasteiger partial charge in [0, 0.05) is 25.9 Å². The summed E-state index contributed by atoms with van der Waals surface area (Å²) in [6, 6.07) is 17.2. The van der Waals surface area contributed by atoms with Crippen molar-refractivity contribution in [3.05, 3.63) is 77.9 Å². The number of nitrogens with zero attached hydrogens (tertiary/aromatic N) is 2. The van der Waals surface area contributed by atoms with Crippen LogP contribution in [0.1, 0.15) is 49.1 Å². The second kappa shape index (κ2) is 14.1. The van der Waals surface area contributed by atoms with Gasteiger partial charge < -0.3 is 10.2 Å². The summed E-state index contributed by atoms with van der Waals surface area (Å²) in [5, 5.41) is 2.87. The standard InChI is InChI=1S/C31H43N3O5S2/c1-40(36,37)29-11-8-26(9-12-29)24-32-31(35)13-10-25-14-19-33(20-15-25)21-18-30(27-6-4-3-5-7-27)28-16-22-34(23-17-28)41(2,38)39/h3-13,25,28,30H,14-24H2,1-2H3,(H,32,35)/b13-10+/t30-/m0/s1. The number of carbonyl (C=O) groups excluding carboxylic acids is 1. The van der Waals surface area contributed by atoms with Crippen LogP contribution < -0.4 is 5.32 Å². The van der Waals surface area contributed by atoms with E-state index in [4.69, 9.17) is 0 Å². The minimum atomic E-state index is -3.23. The summed E-state index contributed by atoms with van der Waals surface area (Å²) in [5.74, 6) is 1.12. The molecule has 2 aromatic carbocycles. The second-order valence-corrected chi connectivity index (χ2v) is 15.5. The fraction of sp³-hybridized carbons (Fsp3) is 0.516. The molecule has 2 aliphatic heterocycles. The molecule has 1 N–H and O–H groups in total. The molecule has 2 fully saturated rings. The van der Waals surface area contributed by atoms with Gasteiger partial charge in [-0.05, 0) is 98.8 Å². The molecular weight excluding hydrogens is 558 g/mol. The molecule has 1 atom stereocenters. The van der Waals surface area contributed by atoms with Gasteiger partial charge in [-0.15, -0.1) is 0 Å². The third-order valence-corrected chi connectivity index (χ3v) is 10.9. The number of rotatable bonds is 11. The molecular formula is C31H43N3O5S2. The van der Waals surface area contributed by atoms with Gasteiger partial charge in [0.2, 0.25) is 15.9 Å². The van der Waals surface area contributed by atoms with E-state index < -0.39 is 19.9 Å². The highest BCUT2D eigenvalue weighted by Crippen LogP contribution is 2.36. The topological polar surface area (TPSA) is 104 Å². The highest BCUT2D eigenvalue weighted by molar-refractivity contribution is 7.90. The smallest absolute Gasteiger partial charge is 0.243 e. The minimum Gasteiger partial charge on any atom is -0.348 e. The molecule has 2 aliphatic rings. The van der Waals surface area contributed by atoms with Gasteiger partial charge in [0.25, 0.3) is 0 Å². The van der Waals surface area contributed by atoms with Crippen LogP contribution in [0.4, 0.5) is 0 Å². The first kappa shape index (κ1) is 31.4. The number of sulfone groups is 1. The van der Waals surface area contributed by atoms with Crippen LogP contribution in [0.5, 0.6) is 0 Å². The molecule has 0 bridgehead atoms. The van der Waals surface area contributed by atoms with Gasteiger partial charge in [0.05, 0.1) is 11.2 Å². The Labute approximate surface area is 245 Å². The lowest BCUT2D eigenvalue weighted by Crippen LogP contribution is -2.40. The third-order valence-electron chi connectivity index (χ3n) is 8.49. The molecule has 2 heterocycles. The summed E-state index contributed by atoms with van der Waals surface area (Å²) in [4.78, 5) is 15.1. The van der Waals surface area contributed by atoms with E-state index in [-0.39, 0.29) is 10.8 Å². The van der Waals surface area contributed by atoms with Crippen LogP contribution in [0.3, 0.4) is 0 Å². The van der Waals surface area contributed by atoms with Crippen LogP contribution in [0, 0.1) is 11.8 Å². The van der Waals surface area contributed by atoms with Crippen LogP contribution in [-0.4, -0.2) is 77.2 Å². The van der Waals surface area contributed by atoms with Crippen LogP contribution in [-0.2, 0) is 31.2 Å². The minimum absolute atomic E-state index is 0.146. The Bertz CT molecular complexity index is 1380. The van der Waals surface area contributed by atoms with Crippen molar-refractivity contribution in [3.63, 3.8) is 0 Å². The van der Waals surface area contributed by atoms with E-state index in [1.807, 2.05) is 12.1 Å². The van der Waals surface area contributed by atoms with Crippen molar-refractivity contribution in [1.82, 2.24) is 14.5 Å². The Morgan fingerprint density at radius 3 is 2.12 bits per heavy atom. The lowest BCUT2D eigenvalue weighted by molar-refractivity contribution is -0.116. The van der Waals surface area contributed by atoms with E-state index in [2.05, 4.69) is 34.5 Å². The largest absolute Gasteiger partial charge is 0.348 e. The van der Waals surface area contributed by atoms with Gasteiger partial charge in [0.1, 0.15) is 0 Å². The van der Waals surface area contributed by atoms with Gasteiger partial charge in [-0.2, -0.15) is 0 Å². The Morgan fingerprint density at radius 2 is 1.54 bits per heavy atom. The van der Waals surface area contributed by atoms with E-state index in [9.17, 15) is 21.6 Å². The van der Waals surface area contributed by atoms with E-state index >= 15 is 0 Å². The average molecular weight is 602 g/mol. The van der Waals surface area contributed by atoms with Crippen molar-refractivity contribution in [2.24, 2.45) is 11.8 Å². The number of benzene rings is 2. The SMILES string of the molecule is CS(=O)(=O)c1ccc(CNC(=O)/C=C/C2CCN(CC[C@@H](c3ccccc3)C3CCN(S(C)(=O)=O)CC3)CC2)cc1. The van der Waals surface area contributed by atoms with Crippen molar-refractivity contribution < 1.29 is 21.6 Å². The van der Waals surface area contributed by atoms with Crippen molar-refractivity contribution in [2.45, 2.75) is 49.5 Å². The average Bonchev–Trinajstić information content (AvgIpc) is 2.96. The predicted octanol–water partition coefficient (Wildman–Crippen LogP) is 3.82. The number of allylic oxidation sites excluding steroid dienone is 1. The molecule has 41 heavy (non-hydrogen) atoms. The third kappa shape index (κ3) is 9.49. The maximum Gasteiger partial charge on any atom is 0.243 e. The fourth-order valence-corrected chi connectivity index (χ4v) is 7.51. The van der Waals surface area contributed by atoms with Crippen molar-refractivity contribution in [3.8, 4) is 0 Å². The molecule has 2 saturated heterocycles. The van der Waals surface area contributed by atoms with Crippen molar-refractivity contribution in [1.29, 1.82) is 0 Å². The molecule has 0 saturated carbocycles. The van der Waals surface area contributed by atoms with Gasteiger partial charge in [-0.3, -0.25) is 4.79 Å². The number of amides is 1. The summed E-state index contributed by atoms with van der Waals surface area (Å²) in [5.41, 5.74) is 2.20. The first-order chi connectivity index (χ1) is 19.5. The Balaban J connectivity index is 1.22. The van der Waals surface area contributed by atoms with Crippen LogP contribution in [0.25, 0.3) is 0 Å². The molecule has 1 amide bonds. The number of nitrogens with one attached hydrogen (secondary N) is 1. The number of hydrogen-bond donors (Lipinski definition) is 1. The van der Waals surface area contributed by atoms with E-state index in [0.29, 0.717) is 37.4 Å². The first-order valence-corrected chi connectivity index (χ1v) is 18.2. The lowest BCUT2D eigenvalue weighted by atomic mass is 9.78. The molecule has 8 nitrogen and oxygen atoms in total. The Morgan fingerprint density at radius 1 is 0.902 bits per heavy atom. The zero-order valence-corrected chi connectivity index (χ0v) is 25.7. The van der Waals surface area contributed by atoms with Gasteiger partial charge in [0.15, 0.2) is 9.84 Å². The molecule has 224 valence electrons. The van der Waals surface area contributed by atoms with Crippen molar-refractivity contribution >= 4 is 25.8 Å². The van der Waals surface area contributed by atoms with E-state index in [1.54, 1.807) is 34.6 Å². The highest BCUT2D eigenvalue weighted by Gasteiger charge is 2.31. The number of carbonyl (C=O) groups is 1. The molecule has 0 aromatic heterocycles. The maximum atomic E-state index is 12.3. The number of likely N-dealkylation sites (tertiary alicyclic amines) is 1. The zero-order chi connectivity index (χ0) is 29.5. The quantitative estimate of drug-likeness (QED) is 0.393. The number of piperidine rings is 2. The van der Waals surface area contributed by atoms with Crippen LogP contribution >= 0.6 is 0 Å². The summed E-state index contributed by atoms with van der Waals surface area (Å²) >= 11 is 0. The Kier molecular flexibility index (Phi) is 10.8. The summed E-state index contributed by atoms with van der Waals surface area (Å²) < 4.78 is 48.8.